The number of sulfonamides is 1. The number of hydrogen-bond donors (Lipinski definition) is 1. The molecule has 0 aromatic heterocycles. The van der Waals surface area contributed by atoms with Crippen molar-refractivity contribution in [3.8, 4) is 5.75 Å². The maximum absolute atomic E-state index is 13.6. The second-order valence-corrected chi connectivity index (χ2v) is 10.8. The Hall–Kier alpha value is -3.07. The Labute approximate surface area is 209 Å². The highest BCUT2D eigenvalue weighted by molar-refractivity contribution is 7.92. The number of amides is 2. The smallest absolute Gasteiger partial charge is 0.244 e. The lowest BCUT2D eigenvalue weighted by Crippen LogP contribution is -2.52. The largest absolute Gasteiger partial charge is 0.497 e. The first-order valence-electron chi connectivity index (χ1n) is 11.7. The SMILES string of the molecule is CC[C@@H](C)NC(=O)[C@@H](C)N(Cc1ccc(OC)cc1)C(=O)CN(c1c(C)cccc1C)S(C)(=O)=O. The van der Waals surface area contributed by atoms with Crippen LogP contribution in [0.15, 0.2) is 42.5 Å². The van der Waals surface area contributed by atoms with Gasteiger partial charge in [0.2, 0.25) is 21.8 Å². The van der Waals surface area contributed by atoms with Crippen LogP contribution < -0.4 is 14.4 Å². The van der Waals surface area contributed by atoms with E-state index in [1.165, 1.54) is 4.90 Å². The van der Waals surface area contributed by atoms with E-state index < -0.39 is 28.5 Å². The summed E-state index contributed by atoms with van der Waals surface area (Å²) in [6, 6.07) is 11.8. The van der Waals surface area contributed by atoms with Gasteiger partial charge in [0.25, 0.3) is 0 Å². The van der Waals surface area contributed by atoms with Gasteiger partial charge >= 0.3 is 0 Å². The van der Waals surface area contributed by atoms with E-state index in [2.05, 4.69) is 5.32 Å². The van der Waals surface area contributed by atoms with Crippen molar-refractivity contribution in [1.29, 1.82) is 0 Å². The molecule has 192 valence electrons. The van der Waals surface area contributed by atoms with Gasteiger partial charge in [0.05, 0.1) is 19.1 Å². The van der Waals surface area contributed by atoms with Gasteiger partial charge in [-0.05, 0) is 62.9 Å². The molecule has 2 aromatic rings. The average molecular weight is 504 g/mol. The van der Waals surface area contributed by atoms with Gasteiger partial charge in [-0.25, -0.2) is 8.42 Å². The van der Waals surface area contributed by atoms with Crippen molar-refractivity contribution in [2.45, 2.75) is 59.7 Å². The Morgan fingerprint density at radius 1 is 1.03 bits per heavy atom. The number of anilines is 1. The molecule has 2 rings (SSSR count). The van der Waals surface area contributed by atoms with Gasteiger partial charge in [-0.3, -0.25) is 13.9 Å². The minimum absolute atomic E-state index is 0.0509. The molecule has 8 nitrogen and oxygen atoms in total. The van der Waals surface area contributed by atoms with E-state index in [-0.39, 0.29) is 18.5 Å². The van der Waals surface area contributed by atoms with Crippen molar-refractivity contribution in [2.75, 3.05) is 24.2 Å². The number of ether oxygens (including phenoxy) is 1. The first kappa shape index (κ1) is 28.2. The van der Waals surface area contributed by atoms with Gasteiger partial charge in [0.1, 0.15) is 18.3 Å². The van der Waals surface area contributed by atoms with E-state index in [9.17, 15) is 18.0 Å². The number of para-hydroxylation sites is 1. The van der Waals surface area contributed by atoms with E-state index in [0.717, 1.165) is 33.7 Å². The van der Waals surface area contributed by atoms with Crippen LogP contribution in [0.5, 0.6) is 5.75 Å². The first-order valence-corrected chi connectivity index (χ1v) is 13.5. The van der Waals surface area contributed by atoms with Crippen LogP contribution in [-0.2, 0) is 26.2 Å². The number of benzene rings is 2. The Kier molecular flexibility index (Phi) is 9.71. The first-order chi connectivity index (χ1) is 16.4. The molecule has 9 heteroatoms. The van der Waals surface area contributed by atoms with Crippen LogP contribution in [-0.4, -0.2) is 57.1 Å². The van der Waals surface area contributed by atoms with Crippen molar-refractivity contribution < 1.29 is 22.7 Å². The van der Waals surface area contributed by atoms with Crippen LogP contribution in [0.2, 0.25) is 0 Å². The van der Waals surface area contributed by atoms with Crippen LogP contribution in [0.1, 0.15) is 43.9 Å². The topological polar surface area (TPSA) is 96.0 Å². The summed E-state index contributed by atoms with van der Waals surface area (Å²) in [6.07, 6.45) is 1.83. The zero-order valence-electron chi connectivity index (χ0n) is 21.7. The Morgan fingerprint density at radius 2 is 1.60 bits per heavy atom. The predicted molar refractivity (Wildman–Crippen MR) is 139 cm³/mol. The molecule has 0 fully saturated rings. The summed E-state index contributed by atoms with van der Waals surface area (Å²) in [7, 11) is -2.20. The molecule has 2 amide bonds. The number of methoxy groups -OCH3 is 1. The zero-order valence-corrected chi connectivity index (χ0v) is 22.5. The number of rotatable bonds is 11. The lowest BCUT2D eigenvalue weighted by molar-refractivity contribution is -0.139. The Bertz CT molecular complexity index is 1110. The fraction of sp³-hybridized carbons (Fsp3) is 0.462. The molecule has 0 bridgehead atoms. The minimum atomic E-state index is -3.77. The molecule has 0 aliphatic carbocycles. The molecule has 0 unspecified atom stereocenters. The van der Waals surface area contributed by atoms with Crippen molar-refractivity contribution in [3.05, 3.63) is 59.2 Å². The van der Waals surface area contributed by atoms with E-state index in [0.29, 0.717) is 11.4 Å². The molecule has 0 saturated carbocycles. The van der Waals surface area contributed by atoms with Gasteiger partial charge in [-0.1, -0.05) is 37.3 Å². The van der Waals surface area contributed by atoms with Gasteiger partial charge < -0.3 is 15.0 Å². The monoisotopic (exact) mass is 503 g/mol. The maximum atomic E-state index is 13.6. The number of carbonyl (C=O) groups excluding carboxylic acids is 2. The minimum Gasteiger partial charge on any atom is -0.497 e. The quantitative estimate of drug-likeness (QED) is 0.507. The van der Waals surface area contributed by atoms with Crippen molar-refractivity contribution in [1.82, 2.24) is 10.2 Å². The fourth-order valence-electron chi connectivity index (χ4n) is 3.75. The highest BCUT2D eigenvalue weighted by atomic mass is 32.2. The second kappa shape index (κ2) is 12.1. The van der Waals surface area contributed by atoms with Crippen molar-refractivity contribution in [2.24, 2.45) is 0 Å². The lowest BCUT2D eigenvalue weighted by atomic mass is 10.1. The molecule has 2 atom stereocenters. The normalized spacial score (nSPS) is 13.0. The molecule has 35 heavy (non-hydrogen) atoms. The van der Waals surface area contributed by atoms with Gasteiger partial charge in [0.15, 0.2) is 0 Å². The summed E-state index contributed by atoms with van der Waals surface area (Å²) in [6.45, 7) is 8.86. The Balaban J connectivity index is 2.43. The molecule has 1 N–H and O–H groups in total. The van der Waals surface area contributed by atoms with Crippen LogP contribution in [0.4, 0.5) is 5.69 Å². The van der Waals surface area contributed by atoms with Gasteiger partial charge in [0, 0.05) is 12.6 Å². The van der Waals surface area contributed by atoms with E-state index in [4.69, 9.17) is 4.74 Å². The molecule has 0 heterocycles. The predicted octanol–water partition coefficient (Wildman–Crippen LogP) is 3.41. The molecular formula is C26H37N3O5S. The number of carbonyl (C=O) groups is 2. The van der Waals surface area contributed by atoms with Crippen molar-refractivity contribution >= 4 is 27.5 Å². The summed E-state index contributed by atoms with van der Waals surface area (Å²) in [5, 5.41) is 2.92. The van der Waals surface area contributed by atoms with Crippen LogP contribution >= 0.6 is 0 Å². The van der Waals surface area contributed by atoms with E-state index in [1.54, 1.807) is 26.2 Å². The molecule has 0 aliphatic rings. The zero-order chi connectivity index (χ0) is 26.3. The van der Waals surface area contributed by atoms with Gasteiger partial charge in [-0.15, -0.1) is 0 Å². The summed E-state index contributed by atoms with van der Waals surface area (Å²) in [4.78, 5) is 28.0. The standard InChI is InChI=1S/C26H37N3O5S/c1-8-20(4)27-26(31)21(5)28(16-22-12-14-23(34-6)15-13-22)24(30)17-29(35(7,32)33)25-18(2)10-9-11-19(25)3/h9-15,20-21H,8,16-17H2,1-7H3,(H,27,31)/t20-,21-/m1/s1. The summed E-state index contributed by atoms with van der Waals surface area (Å²) in [5.41, 5.74) is 2.75. The number of aryl methyl sites for hydroxylation is 2. The molecular weight excluding hydrogens is 466 g/mol. The molecule has 0 spiro atoms. The van der Waals surface area contributed by atoms with E-state index >= 15 is 0 Å². The van der Waals surface area contributed by atoms with Crippen molar-refractivity contribution in [3.63, 3.8) is 0 Å². The maximum Gasteiger partial charge on any atom is 0.244 e. The highest BCUT2D eigenvalue weighted by Crippen LogP contribution is 2.27. The molecule has 2 aromatic carbocycles. The Morgan fingerprint density at radius 3 is 2.09 bits per heavy atom. The van der Waals surface area contributed by atoms with Crippen LogP contribution in [0.3, 0.4) is 0 Å². The summed E-state index contributed by atoms with van der Waals surface area (Å²) >= 11 is 0. The van der Waals surface area contributed by atoms with Gasteiger partial charge in [-0.2, -0.15) is 0 Å². The number of nitrogens with one attached hydrogen (secondary N) is 1. The third-order valence-electron chi connectivity index (χ3n) is 6.05. The summed E-state index contributed by atoms with van der Waals surface area (Å²) in [5.74, 6) is -0.0904. The molecule has 0 saturated heterocycles. The molecule has 0 radical (unpaired) electrons. The third-order valence-corrected chi connectivity index (χ3v) is 7.16. The van der Waals surface area contributed by atoms with Crippen LogP contribution in [0.25, 0.3) is 0 Å². The highest BCUT2D eigenvalue weighted by Gasteiger charge is 2.31. The summed E-state index contributed by atoms with van der Waals surface area (Å²) < 4.78 is 31.9. The van der Waals surface area contributed by atoms with Crippen LogP contribution in [0, 0.1) is 13.8 Å². The number of nitrogens with zero attached hydrogens (tertiary/aromatic N) is 2. The average Bonchev–Trinajstić information content (AvgIpc) is 2.80. The third kappa shape index (κ3) is 7.45. The van der Waals surface area contributed by atoms with E-state index in [1.807, 2.05) is 58.0 Å². The fourth-order valence-corrected chi connectivity index (χ4v) is 4.72. The number of hydrogen-bond acceptors (Lipinski definition) is 5. The second-order valence-electron chi connectivity index (χ2n) is 8.87. The molecule has 0 aliphatic heterocycles. The lowest BCUT2D eigenvalue weighted by Gasteiger charge is -2.32.